The molecule has 3 atom stereocenters. The minimum atomic E-state index is -1.67. The number of fused-ring (bicyclic) bond motifs is 3. The largest absolute Gasteiger partial charge is 0.467 e. The zero-order chi connectivity index (χ0) is 23.3. The summed E-state index contributed by atoms with van der Waals surface area (Å²) < 4.78 is 4.49. The van der Waals surface area contributed by atoms with Gasteiger partial charge in [-0.2, -0.15) is 12.6 Å². The van der Waals surface area contributed by atoms with E-state index in [2.05, 4.69) is 28.0 Å². The highest BCUT2D eigenvalue weighted by molar-refractivity contribution is 7.80. The van der Waals surface area contributed by atoms with Crippen molar-refractivity contribution in [2.45, 2.75) is 30.5 Å². The van der Waals surface area contributed by atoms with Gasteiger partial charge in [-0.05, 0) is 22.3 Å². The first-order chi connectivity index (χ1) is 15.4. The van der Waals surface area contributed by atoms with E-state index in [1.54, 1.807) is 0 Å². The maximum atomic E-state index is 12.8. The van der Waals surface area contributed by atoms with Crippen molar-refractivity contribution in [1.82, 2.24) is 10.6 Å². The van der Waals surface area contributed by atoms with Crippen molar-refractivity contribution in [3.63, 3.8) is 0 Å². The number of carbonyl (C=O) groups is 3. The van der Waals surface area contributed by atoms with Gasteiger partial charge in [-0.3, -0.25) is 9.59 Å². The van der Waals surface area contributed by atoms with E-state index in [1.165, 1.54) is 0 Å². The third-order valence-corrected chi connectivity index (χ3v) is 5.92. The summed E-state index contributed by atoms with van der Waals surface area (Å²) in [5.41, 5.74) is 4.27. The zero-order valence-corrected chi connectivity index (χ0v) is 18.4. The number of hydrogen-bond acceptors (Lipinski definition) is 7. The number of rotatable bonds is 9. The highest BCUT2D eigenvalue weighted by Gasteiger charge is 2.33. The molecule has 9 heteroatoms. The van der Waals surface area contributed by atoms with Gasteiger partial charge in [0.05, 0.1) is 19.8 Å². The molecule has 0 radical (unpaired) electrons. The van der Waals surface area contributed by atoms with E-state index in [-0.39, 0.29) is 24.0 Å². The molecule has 1 aliphatic rings. The van der Waals surface area contributed by atoms with Crippen LogP contribution in [0.3, 0.4) is 0 Å². The minimum absolute atomic E-state index is 0.0137. The van der Waals surface area contributed by atoms with E-state index < -0.39 is 36.7 Å². The summed E-state index contributed by atoms with van der Waals surface area (Å²) in [7, 11) is 1.11. The van der Waals surface area contributed by atoms with E-state index in [9.17, 15) is 24.6 Å². The molecule has 4 N–H and O–H groups in total. The lowest BCUT2D eigenvalue weighted by Crippen LogP contribution is -2.55. The van der Waals surface area contributed by atoms with Crippen LogP contribution < -0.4 is 10.6 Å². The molecule has 32 heavy (non-hydrogen) atoms. The number of carbonyl (C=O) groups excluding carboxylic acids is 3. The SMILES string of the molecule is COC(=O)[C@H](CO)NC(=O)[C@H](O)[C@H](CS)NC(=O)CC1c2ccccc2-c2ccccc21. The van der Waals surface area contributed by atoms with Crippen molar-refractivity contribution >= 4 is 30.4 Å². The van der Waals surface area contributed by atoms with Gasteiger partial charge < -0.3 is 25.6 Å². The van der Waals surface area contributed by atoms with Gasteiger partial charge in [0.1, 0.15) is 0 Å². The maximum absolute atomic E-state index is 12.8. The summed E-state index contributed by atoms with van der Waals surface area (Å²) >= 11 is 4.14. The molecule has 0 heterocycles. The predicted octanol–water partition coefficient (Wildman–Crippen LogP) is 0.615. The van der Waals surface area contributed by atoms with Crippen LogP contribution in [0.1, 0.15) is 23.5 Å². The summed E-state index contributed by atoms with van der Waals surface area (Å²) in [5, 5.41) is 24.5. The first-order valence-corrected chi connectivity index (χ1v) is 10.8. The van der Waals surface area contributed by atoms with Crippen LogP contribution in [0.4, 0.5) is 0 Å². The molecular weight excluding hydrogens is 432 g/mol. The summed E-state index contributed by atoms with van der Waals surface area (Å²) in [5.74, 6) is -2.28. The highest BCUT2D eigenvalue weighted by Crippen LogP contribution is 2.45. The first-order valence-electron chi connectivity index (χ1n) is 10.2. The molecule has 0 aliphatic heterocycles. The van der Waals surface area contributed by atoms with Crippen LogP contribution in [0, 0.1) is 0 Å². The van der Waals surface area contributed by atoms with Crippen molar-refractivity contribution < 1.29 is 29.3 Å². The van der Waals surface area contributed by atoms with E-state index in [1.807, 2.05) is 48.5 Å². The molecule has 0 spiro atoms. The Morgan fingerprint density at radius 3 is 2.09 bits per heavy atom. The number of hydrogen-bond donors (Lipinski definition) is 5. The third-order valence-electron chi connectivity index (χ3n) is 5.53. The fourth-order valence-electron chi connectivity index (χ4n) is 3.92. The molecule has 0 fully saturated rings. The number of benzene rings is 2. The quantitative estimate of drug-likeness (QED) is 0.277. The second-order valence-corrected chi connectivity index (χ2v) is 7.86. The zero-order valence-electron chi connectivity index (χ0n) is 17.5. The number of nitrogens with one attached hydrogen (secondary N) is 2. The number of methoxy groups -OCH3 is 1. The summed E-state index contributed by atoms with van der Waals surface area (Å²) in [6.45, 7) is -0.691. The Bertz CT molecular complexity index is 952. The van der Waals surface area contributed by atoms with Crippen molar-refractivity contribution in [1.29, 1.82) is 0 Å². The monoisotopic (exact) mass is 458 g/mol. The Morgan fingerprint density at radius 2 is 1.59 bits per heavy atom. The van der Waals surface area contributed by atoms with Crippen molar-refractivity contribution in [3.8, 4) is 11.1 Å². The Labute approximate surface area is 191 Å². The lowest BCUT2D eigenvalue weighted by Gasteiger charge is -2.24. The Morgan fingerprint density at radius 1 is 1.03 bits per heavy atom. The molecule has 2 amide bonds. The van der Waals surface area contributed by atoms with Crippen LogP contribution in [0.5, 0.6) is 0 Å². The molecule has 0 unspecified atom stereocenters. The molecule has 0 saturated carbocycles. The van der Waals surface area contributed by atoms with Crippen molar-refractivity contribution in [3.05, 3.63) is 59.7 Å². The number of ether oxygens (including phenoxy) is 1. The molecule has 0 saturated heterocycles. The van der Waals surface area contributed by atoms with E-state index in [0.717, 1.165) is 29.4 Å². The van der Waals surface area contributed by atoms with Crippen LogP contribution in [-0.2, 0) is 19.1 Å². The van der Waals surface area contributed by atoms with Gasteiger partial charge in [0.2, 0.25) is 5.91 Å². The maximum Gasteiger partial charge on any atom is 0.330 e. The molecule has 2 aromatic carbocycles. The average Bonchev–Trinajstić information content (AvgIpc) is 3.13. The second kappa shape index (κ2) is 10.6. The van der Waals surface area contributed by atoms with Crippen molar-refractivity contribution in [2.24, 2.45) is 0 Å². The molecular formula is C23H26N2O6S. The van der Waals surface area contributed by atoms with Gasteiger partial charge in [-0.1, -0.05) is 48.5 Å². The fourth-order valence-corrected chi connectivity index (χ4v) is 4.21. The van der Waals surface area contributed by atoms with Gasteiger partial charge in [-0.15, -0.1) is 0 Å². The number of esters is 1. The number of amides is 2. The van der Waals surface area contributed by atoms with Gasteiger partial charge in [0, 0.05) is 18.1 Å². The molecule has 170 valence electrons. The third kappa shape index (κ3) is 4.95. The summed E-state index contributed by atoms with van der Waals surface area (Å²) in [4.78, 5) is 36.7. The highest BCUT2D eigenvalue weighted by atomic mass is 32.1. The Hall–Kier alpha value is -2.88. The van der Waals surface area contributed by atoms with Crippen molar-refractivity contribution in [2.75, 3.05) is 19.5 Å². The predicted molar refractivity (Wildman–Crippen MR) is 121 cm³/mol. The van der Waals surface area contributed by atoms with Gasteiger partial charge in [0.25, 0.3) is 5.91 Å². The minimum Gasteiger partial charge on any atom is -0.467 e. The van der Waals surface area contributed by atoms with Gasteiger partial charge >= 0.3 is 5.97 Å². The van der Waals surface area contributed by atoms with Crippen LogP contribution in [0.2, 0.25) is 0 Å². The van der Waals surface area contributed by atoms with Gasteiger partial charge in [0.15, 0.2) is 12.1 Å². The molecule has 0 aromatic heterocycles. The normalized spacial score (nSPS) is 15.1. The van der Waals surface area contributed by atoms with Crippen LogP contribution >= 0.6 is 12.6 Å². The topological polar surface area (TPSA) is 125 Å². The number of thiol groups is 1. The number of aliphatic hydroxyl groups excluding tert-OH is 2. The van der Waals surface area contributed by atoms with Crippen LogP contribution in [-0.4, -0.2) is 65.7 Å². The fraction of sp³-hybridized carbons (Fsp3) is 0.348. The molecule has 0 bridgehead atoms. The summed E-state index contributed by atoms with van der Waals surface area (Å²) in [6, 6.07) is 13.5. The lowest BCUT2D eigenvalue weighted by molar-refractivity contribution is -0.147. The standard InChI is InChI=1S/C23H26N2O6S/c1-31-23(30)18(11-26)25-22(29)21(28)19(12-32)24-20(27)10-17-15-8-4-2-6-13(15)14-7-3-5-9-16(14)17/h2-9,17-19,21,26,28,32H,10-12H2,1H3,(H,24,27)(H,25,29)/t18-,19-,21+/m0/s1. The molecule has 1 aliphatic carbocycles. The summed E-state index contributed by atoms with van der Waals surface area (Å²) in [6.07, 6.45) is -1.54. The van der Waals surface area contributed by atoms with E-state index in [4.69, 9.17) is 0 Å². The van der Waals surface area contributed by atoms with Crippen LogP contribution in [0.25, 0.3) is 11.1 Å². The van der Waals surface area contributed by atoms with Gasteiger partial charge in [-0.25, -0.2) is 4.79 Å². The Kier molecular flexibility index (Phi) is 7.89. The van der Waals surface area contributed by atoms with E-state index >= 15 is 0 Å². The lowest BCUT2D eigenvalue weighted by atomic mass is 9.93. The average molecular weight is 459 g/mol. The number of aliphatic hydroxyl groups is 2. The smallest absolute Gasteiger partial charge is 0.330 e. The Balaban J connectivity index is 1.68. The molecule has 8 nitrogen and oxygen atoms in total. The second-order valence-electron chi connectivity index (χ2n) is 7.50. The molecule has 2 aromatic rings. The molecule has 3 rings (SSSR count). The van der Waals surface area contributed by atoms with Crippen LogP contribution in [0.15, 0.2) is 48.5 Å². The van der Waals surface area contributed by atoms with E-state index in [0.29, 0.717) is 0 Å². The first kappa shape index (κ1) is 23.8.